The van der Waals surface area contributed by atoms with E-state index in [0.29, 0.717) is 17.1 Å². The molecule has 1 aromatic carbocycles. The highest BCUT2D eigenvalue weighted by Crippen LogP contribution is 2.34. The van der Waals surface area contributed by atoms with Gasteiger partial charge in [-0.05, 0) is 50.2 Å². The number of halogens is 1. The molecule has 0 radical (unpaired) electrons. The SMILES string of the molecule is C=C1n2c(cccc2=Nc2ccc(F)cc2)OC1(C)C. The number of hydrogen-bond donors (Lipinski definition) is 0. The first-order valence-electron chi connectivity index (χ1n) is 6.38. The first kappa shape index (κ1) is 12.7. The Kier molecular flexibility index (Phi) is 2.74. The zero-order valence-corrected chi connectivity index (χ0v) is 11.4. The van der Waals surface area contributed by atoms with Gasteiger partial charge in [-0.3, -0.25) is 4.57 Å². The molecule has 2 heterocycles. The van der Waals surface area contributed by atoms with Crippen LogP contribution >= 0.6 is 0 Å². The summed E-state index contributed by atoms with van der Waals surface area (Å²) in [6, 6.07) is 11.7. The number of nitrogens with zero attached hydrogens (tertiary/aromatic N) is 2. The van der Waals surface area contributed by atoms with Gasteiger partial charge in [0.15, 0.2) is 0 Å². The third-order valence-electron chi connectivity index (χ3n) is 3.33. The van der Waals surface area contributed by atoms with Gasteiger partial charge in [0.05, 0.1) is 11.4 Å². The van der Waals surface area contributed by atoms with Gasteiger partial charge in [-0.1, -0.05) is 12.6 Å². The molecule has 1 aliphatic heterocycles. The molecule has 20 heavy (non-hydrogen) atoms. The zero-order valence-electron chi connectivity index (χ0n) is 11.4. The molecule has 0 bridgehead atoms. The fourth-order valence-corrected chi connectivity index (χ4v) is 2.15. The van der Waals surface area contributed by atoms with Gasteiger partial charge in [0.2, 0.25) is 5.88 Å². The molecule has 1 aromatic heterocycles. The maximum absolute atomic E-state index is 12.9. The molecule has 0 unspecified atom stereocenters. The summed E-state index contributed by atoms with van der Waals surface area (Å²) < 4.78 is 20.7. The maximum Gasteiger partial charge on any atom is 0.200 e. The summed E-state index contributed by atoms with van der Waals surface area (Å²) in [4.78, 5) is 4.53. The van der Waals surface area contributed by atoms with Crippen molar-refractivity contribution < 1.29 is 9.13 Å². The van der Waals surface area contributed by atoms with Crippen LogP contribution in [-0.2, 0) is 0 Å². The predicted molar refractivity (Wildman–Crippen MR) is 76.1 cm³/mol. The summed E-state index contributed by atoms with van der Waals surface area (Å²) >= 11 is 0. The largest absolute Gasteiger partial charge is 0.466 e. The van der Waals surface area contributed by atoms with Crippen molar-refractivity contribution in [3.8, 4) is 5.88 Å². The van der Waals surface area contributed by atoms with E-state index in [2.05, 4.69) is 11.6 Å². The second-order valence-electron chi connectivity index (χ2n) is 5.20. The highest BCUT2D eigenvalue weighted by atomic mass is 19.1. The Balaban J connectivity index is 2.16. The van der Waals surface area contributed by atoms with Crippen LogP contribution in [0.15, 0.2) is 54.0 Å². The molecular formula is C16H15FN2O. The van der Waals surface area contributed by atoms with Crippen LogP contribution in [0.3, 0.4) is 0 Å². The van der Waals surface area contributed by atoms with Crippen molar-refractivity contribution in [3.63, 3.8) is 0 Å². The highest BCUT2D eigenvalue weighted by Gasteiger charge is 2.34. The summed E-state index contributed by atoms with van der Waals surface area (Å²) in [5.74, 6) is 0.437. The lowest BCUT2D eigenvalue weighted by molar-refractivity contribution is 0.189. The van der Waals surface area contributed by atoms with Crippen molar-refractivity contribution in [2.45, 2.75) is 19.4 Å². The van der Waals surface area contributed by atoms with Gasteiger partial charge in [-0.15, -0.1) is 0 Å². The van der Waals surface area contributed by atoms with Gasteiger partial charge in [0.1, 0.15) is 16.9 Å². The minimum absolute atomic E-state index is 0.274. The van der Waals surface area contributed by atoms with E-state index in [1.807, 2.05) is 36.6 Å². The van der Waals surface area contributed by atoms with Crippen LogP contribution in [0.1, 0.15) is 13.8 Å². The van der Waals surface area contributed by atoms with Gasteiger partial charge >= 0.3 is 0 Å². The van der Waals surface area contributed by atoms with Crippen molar-refractivity contribution in [3.05, 3.63) is 60.3 Å². The maximum atomic E-state index is 12.9. The fourth-order valence-electron chi connectivity index (χ4n) is 2.15. The van der Waals surface area contributed by atoms with Gasteiger partial charge in [0.25, 0.3) is 0 Å². The van der Waals surface area contributed by atoms with E-state index < -0.39 is 5.60 Å². The topological polar surface area (TPSA) is 26.5 Å². The van der Waals surface area contributed by atoms with Crippen molar-refractivity contribution >= 4 is 11.4 Å². The lowest BCUT2D eigenvalue weighted by atomic mass is 10.1. The molecule has 0 saturated heterocycles. The van der Waals surface area contributed by atoms with Gasteiger partial charge in [-0.2, -0.15) is 0 Å². The van der Waals surface area contributed by atoms with Crippen LogP contribution in [-0.4, -0.2) is 10.2 Å². The molecular weight excluding hydrogens is 255 g/mol. The van der Waals surface area contributed by atoms with Crippen LogP contribution in [0, 0.1) is 5.82 Å². The molecule has 0 fully saturated rings. The third-order valence-corrected chi connectivity index (χ3v) is 3.33. The molecule has 0 atom stereocenters. The molecule has 3 rings (SSSR count). The second-order valence-corrected chi connectivity index (χ2v) is 5.20. The van der Waals surface area contributed by atoms with Gasteiger partial charge < -0.3 is 4.74 Å². The molecule has 4 heteroatoms. The highest BCUT2D eigenvalue weighted by molar-refractivity contribution is 5.58. The van der Waals surface area contributed by atoms with Crippen LogP contribution in [0.25, 0.3) is 5.70 Å². The van der Waals surface area contributed by atoms with Crippen LogP contribution < -0.4 is 10.2 Å². The molecule has 0 saturated carbocycles. The van der Waals surface area contributed by atoms with E-state index in [0.717, 1.165) is 5.70 Å². The summed E-state index contributed by atoms with van der Waals surface area (Å²) in [6.45, 7) is 8.01. The molecule has 1 aliphatic rings. The normalized spacial score (nSPS) is 16.9. The minimum atomic E-state index is -0.457. The molecule has 0 amide bonds. The van der Waals surface area contributed by atoms with E-state index in [-0.39, 0.29) is 5.82 Å². The number of benzene rings is 1. The molecule has 3 nitrogen and oxygen atoms in total. The van der Waals surface area contributed by atoms with Crippen LogP contribution in [0.4, 0.5) is 10.1 Å². The number of ether oxygens (including phenoxy) is 1. The standard InChI is InChI=1S/C16H15FN2O/c1-11-16(2,3)20-15-6-4-5-14(19(11)15)18-13-9-7-12(17)8-10-13/h4-10H,1H2,2-3H3. The average Bonchev–Trinajstić information content (AvgIpc) is 2.64. The second kappa shape index (κ2) is 4.34. The Labute approximate surface area is 116 Å². The van der Waals surface area contributed by atoms with Crippen LogP contribution in [0.5, 0.6) is 5.88 Å². The first-order valence-corrected chi connectivity index (χ1v) is 6.38. The molecule has 0 aliphatic carbocycles. The van der Waals surface area contributed by atoms with Crippen molar-refractivity contribution in [1.29, 1.82) is 0 Å². The first-order chi connectivity index (χ1) is 9.47. The predicted octanol–water partition coefficient (Wildman–Crippen LogP) is 3.50. The van der Waals surface area contributed by atoms with Crippen molar-refractivity contribution in [2.75, 3.05) is 0 Å². The minimum Gasteiger partial charge on any atom is -0.466 e. The Morgan fingerprint density at radius 3 is 2.55 bits per heavy atom. The summed E-state index contributed by atoms with van der Waals surface area (Å²) in [5.41, 5.74) is 1.77. The van der Waals surface area contributed by atoms with E-state index in [1.165, 1.54) is 12.1 Å². The number of aromatic nitrogens is 1. The Morgan fingerprint density at radius 1 is 1.15 bits per heavy atom. The van der Waals surface area contributed by atoms with Gasteiger partial charge in [0, 0.05) is 0 Å². The van der Waals surface area contributed by atoms with Gasteiger partial charge in [-0.25, -0.2) is 9.38 Å². The fraction of sp³-hybridized carbons (Fsp3) is 0.188. The molecule has 102 valence electrons. The molecule has 2 aromatic rings. The Hall–Kier alpha value is -2.36. The summed E-state index contributed by atoms with van der Waals surface area (Å²) in [5, 5.41) is 0. The smallest absolute Gasteiger partial charge is 0.200 e. The number of rotatable bonds is 1. The number of pyridine rings is 1. The van der Waals surface area contributed by atoms with Crippen LogP contribution in [0.2, 0.25) is 0 Å². The monoisotopic (exact) mass is 270 g/mol. The third kappa shape index (κ3) is 2.03. The number of fused-ring (bicyclic) bond motifs is 1. The lowest BCUT2D eigenvalue weighted by Gasteiger charge is -2.17. The lowest BCUT2D eigenvalue weighted by Crippen LogP contribution is -2.26. The van der Waals surface area contributed by atoms with Crippen molar-refractivity contribution in [1.82, 2.24) is 4.57 Å². The van der Waals surface area contributed by atoms with E-state index >= 15 is 0 Å². The van der Waals surface area contributed by atoms with Crippen molar-refractivity contribution in [2.24, 2.45) is 4.99 Å². The summed E-state index contributed by atoms with van der Waals surface area (Å²) in [7, 11) is 0. The zero-order chi connectivity index (χ0) is 14.3. The van der Waals surface area contributed by atoms with E-state index in [9.17, 15) is 4.39 Å². The van der Waals surface area contributed by atoms with E-state index in [4.69, 9.17) is 4.74 Å². The average molecular weight is 270 g/mol. The van der Waals surface area contributed by atoms with E-state index in [1.54, 1.807) is 12.1 Å². The Bertz CT molecular complexity index is 742. The Morgan fingerprint density at radius 2 is 1.85 bits per heavy atom. The number of hydrogen-bond acceptors (Lipinski definition) is 2. The summed E-state index contributed by atoms with van der Waals surface area (Å²) in [6.07, 6.45) is 0. The quantitative estimate of drug-likeness (QED) is 0.779. The molecule has 0 N–H and O–H groups in total. The molecule has 0 spiro atoms.